The van der Waals surface area contributed by atoms with E-state index in [4.69, 9.17) is 21.7 Å². The third-order valence-corrected chi connectivity index (χ3v) is 3.83. The topological polar surface area (TPSA) is 64.4 Å². The lowest BCUT2D eigenvalue weighted by Gasteiger charge is -2.09. The molecular weight excluding hydrogens is 362 g/mol. The molecule has 26 heavy (non-hydrogen) atoms. The van der Waals surface area contributed by atoms with Gasteiger partial charge in [-0.2, -0.15) is 14.9 Å². The van der Waals surface area contributed by atoms with Crippen molar-refractivity contribution in [2.75, 3.05) is 14.2 Å². The third kappa shape index (κ3) is 3.47. The molecule has 134 valence electrons. The number of aromatic nitrogens is 3. The van der Waals surface area contributed by atoms with Crippen molar-refractivity contribution in [3.8, 4) is 22.9 Å². The highest BCUT2D eigenvalue weighted by Gasteiger charge is 2.14. The van der Waals surface area contributed by atoms with Gasteiger partial charge in [0.25, 0.3) is 0 Å². The van der Waals surface area contributed by atoms with Crippen LogP contribution in [0.3, 0.4) is 0 Å². The Morgan fingerprint density at radius 1 is 1.12 bits per heavy atom. The van der Waals surface area contributed by atoms with Crippen molar-refractivity contribution in [3.05, 3.63) is 58.4 Å². The number of rotatable bonds is 5. The number of benzene rings is 2. The summed E-state index contributed by atoms with van der Waals surface area (Å²) in [4.78, 5) is 0. The van der Waals surface area contributed by atoms with Gasteiger partial charge in [-0.05, 0) is 42.0 Å². The average Bonchev–Trinajstić information content (AvgIpc) is 3.02. The lowest BCUT2D eigenvalue weighted by atomic mass is 10.2. The molecule has 3 aromatic rings. The molecule has 0 unspecified atom stereocenters. The molecule has 2 aromatic carbocycles. The minimum atomic E-state index is -0.957. The molecule has 0 aliphatic carbocycles. The van der Waals surface area contributed by atoms with Crippen LogP contribution < -0.4 is 9.47 Å². The van der Waals surface area contributed by atoms with Crippen LogP contribution in [0.5, 0.6) is 11.5 Å². The molecular formula is C17H14F2N4O2S. The molecule has 6 nitrogen and oxygen atoms in total. The Kier molecular flexibility index (Phi) is 5.08. The Hall–Kier alpha value is -3.07. The van der Waals surface area contributed by atoms with E-state index in [1.807, 2.05) is 0 Å². The second-order valence-electron chi connectivity index (χ2n) is 5.15. The van der Waals surface area contributed by atoms with E-state index in [0.29, 0.717) is 28.5 Å². The fourth-order valence-electron chi connectivity index (χ4n) is 2.27. The Morgan fingerprint density at radius 2 is 1.92 bits per heavy atom. The van der Waals surface area contributed by atoms with Crippen LogP contribution in [0, 0.1) is 16.4 Å². The van der Waals surface area contributed by atoms with Crippen molar-refractivity contribution in [2.45, 2.75) is 0 Å². The summed E-state index contributed by atoms with van der Waals surface area (Å²) in [7, 11) is 3.07. The van der Waals surface area contributed by atoms with Crippen LogP contribution >= 0.6 is 12.2 Å². The molecule has 9 heteroatoms. The molecule has 0 fully saturated rings. The number of hydrogen-bond donors (Lipinski definition) is 1. The van der Waals surface area contributed by atoms with Crippen LogP contribution in [0.25, 0.3) is 11.4 Å². The van der Waals surface area contributed by atoms with E-state index in [2.05, 4.69) is 15.3 Å². The Bertz CT molecular complexity index is 1030. The molecule has 0 amide bonds. The average molecular weight is 376 g/mol. The molecule has 0 aliphatic heterocycles. The van der Waals surface area contributed by atoms with Crippen LogP contribution in [0.1, 0.15) is 5.56 Å². The normalized spacial score (nSPS) is 11.1. The minimum Gasteiger partial charge on any atom is -0.497 e. The zero-order valence-electron chi connectivity index (χ0n) is 13.9. The van der Waals surface area contributed by atoms with Crippen LogP contribution in [0.4, 0.5) is 8.78 Å². The lowest BCUT2D eigenvalue weighted by molar-refractivity contribution is 0.395. The first-order chi connectivity index (χ1) is 12.5. The van der Waals surface area contributed by atoms with E-state index in [1.54, 1.807) is 25.3 Å². The maximum Gasteiger partial charge on any atom is 0.216 e. The van der Waals surface area contributed by atoms with Gasteiger partial charge >= 0.3 is 0 Å². The van der Waals surface area contributed by atoms with Gasteiger partial charge in [-0.15, -0.1) is 0 Å². The summed E-state index contributed by atoms with van der Waals surface area (Å²) in [5.74, 6) is -0.347. The first-order valence-electron chi connectivity index (χ1n) is 7.42. The number of halogens is 2. The molecule has 0 aliphatic rings. The standard InChI is InChI=1S/C17H14F2N4O2S/c1-24-11-4-5-12(15(8-11)25-2)16-21-22-17(26)23(16)20-9-10-3-6-13(18)14(19)7-10/h3-9H,1-2H3,(H,22,26)/b20-9-. The summed E-state index contributed by atoms with van der Waals surface area (Å²) in [5.41, 5.74) is 1.00. The van der Waals surface area contributed by atoms with E-state index in [0.717, 1.165) is 12.1 Å². The fraction of sp³-hybridized carbons (Fsp3) is 0.118. The molecule has 1 N–H and O–H groups in total. The molecule has 3 rings (SSSR count). The number of methoxy groups -OCH3 is 2. The van der Waals surface area contributed by atoms with Gasteiger partial charge in [-0.3, -0.25) is 0 Å². The van der Waals surface area contributed by atoms with E-state index in [9.17, 15) is 8.78 Å². The highest BCUT2D eigenvalue weighted by Crippen LogP contribution is 2.32. The van der Waals surface area contributed by atoms with Crippen molar-refractivity contribution in [1.82, 2.24) is 14.9 Å². The first-order valence-corrected chi connectivity index (χ1v) is 7.83. The van der Waals surface area contributed by atoms with Crippen LogP contribution in [0.2, 0.25) is 0 Å². The summed E-state index contributed by atoms with van der Waals surface area (Å²) >= 11 is 5.19. The second-order valence-corrected chi connectivity index (χ2v) is 5.54. The smallest absolute Gasteiger partial charge is 0.216 e. The van der Waals surface area contributed by atoms with E-state index in [-0.39, 0.29) is 4.77 Å². The number of hydrogen-bond acceptors (Lipinski definition) is 5. The molecule has 0 radical (unpaired) electrons. The largest absolute Gasteiger partial charge is 0.497 e. The molecule has 0 saturated heterocycles. The fourth-order valence-corrected chi connectivity index (χ4v) is 2.45. The summed E-state index contributed by atoms with van der Waals surface area (Å²) < 4.78 is 38.5. The van der Waals surface area contributed by atoms with Crippen molar-refractivity contribution in [3.63, 3.8) is 0 Å². The maximum absolute atomic E-state index is 13.3. The minimum absolute atomic E-state index is 0.233. The van der Waals surface area contributed by atoms with Crippen molar-refractivity contribution in [1.29, 1.82) is 0 Å². The van der Waals surface area contributed by atoms with Crippen LogP contribution in [-0.4, -0.2) is 35.3 Å². The number of nitrogens with one attached hydrogen (secondary N) is 1. The second kappa shape index (κ2) is 7.44. The van der Waals surface area contributed by atoms with Gasteiger partial charge in [-0.1, -0.05) is 6.07 Å². The summed E-state index contributed by atoms with van der Waals surface area (Å²) in [6.45, 7) is 0. The number of H-pyrrole nitrogens is 1. The summed E-state index contributed by atoms with van der Waals surface area (Å²) in [6.07, 6.45) is 1.35. The van der Waals surface area contributed by atoms with Gasteiger partial charge < -0.3 is 9.47 Å². The Labute approximate surface area is 152 Å². The number of nitrogens with zero attached hydrogens (tertiary/aromatic N) is 3. The monoisotopic (exact) mass is 376 g/mol. The predicted molar refractivity (Wildman–Crippen MR) is 95.3 cm³/mol. The lowest BCUT2D eigenvalue weighted by Crippen LogP contribution is -1.98. The summed E-state index contributed by atoms with van der Waals surface area (Å²) in [5, 5.41) is 11.0. The molecule has 0 saturated carbocycles. The van der Waals surface area contributed by atoms with Gasteiger partial charge in [0, 0.05) is 6.07 Å². The van der Waals surface area contributed by atoms with Gasteiger partial charge in [0.2, 0.25) is 4.77 Å². The van der Waals surface area contributed by atoms with E-state index < -0.39 is 11.6 Å². The van der Waals surface area contributed by atoms with Gasteiger partial charge in [0.15, 0.2) is 17.5 Å². The van der Waals surface area contributed by atoms with E-state index in [1.165, 1.54) is 24.1 Å². The Balaban J connectivity index is 2.03. The van der Waals surface area contributed by atoms with Gasteiger partial charge in [0.05, 0.1) is 26.0 Å². The number of aromatic amines is 1. The zero-order chi connectivity index (χ0) is 18.7. The molecule has 1 heterocycles. The van der Waals surface area contributed by atoms with E-state index >= 15 is 0 Å². The molecule has 0 bridgehead atoms. The predicted octanol–water partition coefficient (Wildman–Crippen LogP) is 3.79. The zero-order valence-corrected chi connectivity index (χ0v) is 14.7. The molecule has 0 spiro atoms. The van der Waals surface area contributed by atoms with Crippen molar-refractivity contribution in [2.24, 2.45) is 5.10 Å². The van der Waals surface area contributed by atoms with Crippen LogP contribution in [-0.2, 0) is 0 Å². The van der Waals surface area contributed by atoms with Gasteiger partial charge in [0.1, 0.15) is 11.5 Å². The number of ether oxygens (including phenoxy) is 2. The Morgan fingerprint density at radius 3 is 2.62 bits per heavy atom. The van der Waals surface area contributed by atoms with Gasteiger partial charge in [-0.25, -0.2) is 13.9 Å². The SMILES string of the molecule is COc1ccc(-c2n[nH]c(=S)n2/N=C\c2ccc(F)c(F)c2)c(OC)c1. The molecule has 1 aromatic heterocycles. The highest BCUT2D eigenvalue weighted by atomic mass is 32.1. The first kappa shape index (κ1) is 17.7. The van der Waals surface area contributed by atoms with Crippen molar-refractivity contribution < 1.29 is 18.3 Å². The highest BCUT2D eigenvalue weighted by molar-refractivity contribution is 7.71. The quantitative estimate of drug-likeness (QED) is 0.544. The molecule has 0 atom stereocenters. The maximum atomic E-state index is 13.3. The third-order valence-electron chi connectivity index (χ3n) is 3.57. The summed E-state index contributed by atoms with van der Waals surface area (Å²) in [6, 6.07) is 8.68. The van der Waals surface area contributed by atoms with Crippen molar-refractivity contribution >= 4 is 18.4 Å². The van der Waals surface area contributed by atoms with Crippen LogP contribution in [0.15, 0.2) is 41.5 Å².